The van der Waals surface area contributed by atoms with Crippen LogP contribution in [0.15, 0.2) is 79.0 Å². The van der Waals surface area contributed by atoms with Gasteiger partial charge in [-0.2, -0.15) is 5.26 Å². The van der Waals surface area contributed by atoms with Crippen LogP contribution in [0.2, 0.25) is 0 Å². The van der Waals surface area contributed by atoms with Crippen molar-refractivity contribution in [2.45, 2.75) is 6.04 Å². The average Bonchev–Trinajstić information content (AvgIpc) is 2.88. The summed E-state index contributed by atoms with van der Waals surface area (Å²) < 4.78 is 16.5. The molecule has 0 saturated heterocycles. The predicted molar refractivity (Wildman–Crippen MR) is 120 cm³/mol. The molecule has 3 aromatic rings. The van der Waals surface area contributed by atoms with Crippen molar-refractivity contribution in [3.8, 4) is 17.6 Å². The molecule has 33 heavy (non-hydrogen) atoms. The Kier molecular flexibility index (Phi) is 6.09. The Balaban J connectivity index is 1.84. The van der Waals surface area contributed by atoms with Crippen LogP contribution < -0.4 is 9.47 Å². The highest BCUT2D eigenvalue weighted by Gasteiger charge is 2.35. The van der Waals surface area contributed by atoms with E-state index in [0.717, 1.165) is 0 Å². The van der Waals surface area contributed by atoms with Crippen molar-refractivity contribution in [3.05, 3.63) is 101 Å². The molecule has 1 aliphatic heterocycles. The Morgan fingerprint density at radius 2 is 1.45 bits per heavy atom. The lowest BCUT2D eigenvalue weighted by atomic mass is 9.94. The minimum atomic E-state index is -0.966. The number of carbonyl (C=O) groups excluding carboxylic acids is 2. The molecule has 0 N–H and O–H groups in total. The molecular formula is C26H20N2O5. The molecule has 0 saturated carbocycles. The van der Waals surface area contributed by atoms with Crippen LogP contribution >= 0.6 is 0 Å². The van der Waals surface area contributed by atoms with E-state index in [1.807, 2.05) is 0 Å². The monoisotopic (exact) mass is 440 g/mol. The summed E-state index contributed by atoms with van der Waals surface area (Å²) in [5.41, 5.74) is 1.66. The van der Waals surface area contributed by atoms with Crippen molar-refractivity contribution in [3.63, 3.8) is 0 Å². The molecule has 7 heteroatoms. The highest BCUT2D eigenvalue weighted by Crippen LogP contribution is 2.42. The second-order valence-electron chi connectivity index (χ2n) is 7.15. The molecule has 1 atom stereocenters. The van der Waals surface area contributed by atoms with Gasteiger partial charge < -0.3 is 14.2 Å². The van der Waals surface area contributed by atoms with Crippen LogP contribution in [0.5, 0.6) is 11.5 Å². The zero-order valence-corrected chi connectivity index (χ0v) is 18.0. The van der Waals surface area contributed by atoms with E-state index in [0.29, 0.717) is 33.8 Å². The summed E-state index contributed by atoms with van der Waals surface area (Å²) in [6.45, 7) is 0. The van der Waals surface area contributed by atoms with E-state index < -0.39 is 17.9 Å². The Hall–Kier alpha value is -4.57. The van der Waals surface area contributed by atoms with E-state index in [1.54, 1.807) is 72.8 Å². The number of ether oxygens (including phenoxy) is 3. The maximum Gasteiger partial charge on any atom is 0.343 e. The third kappa shape index (κ3) is 4.14. The Bertz CT molecular complexity index is 1260. The van der Waals surface area contributed by atoms with Gasteiger partial charge in [-0.3, -0.25) is 9.69 Å². The van der Waals surface area contributed by atoms with E-state index in [9.17, 15) is 14.9 Å². The summed E-state index contributed by atoms with van der Waals surface area (Å²) >= 11 is 0. The fourth-order valence-corrected chi connectivity index (χ4v) is 3.61. The number of fused-ring (bicyclic) bond motifs is 1. The molecule has 0 aliphatic carbocycles. The lowest BCUT2D eigenvalue weighted by Crippen LogP contribution is -2.33. The third-order valence-electron chi connectivity index (χ3n) is 5.24. The first kappa shape index (κ1) is 21.7. The van der Waals surface area contributed by atoms with Gasteiger partial charge in [-0.25, -0.2) is 4.79 Å². The molecule has 0 unspecified atom stereocenters. The number of esters is 1. The number of rotatable bonds is 5. The number of benzene rings is 3. The summed E-state index contributed by atoms with van der Waals surface area (Å²) in [6, 6.07) is 21.6. The number of hydrogen-bond donors (Lipinski definition) is 0. The normalized spacial score (nSPS) is 14.4. The molecular weight excluding hydrogens is 420 g/mol. The number of nitriles is 1. The van der Waals surface area contributed by atoms with E-state index >= 15 is 0 Å². The molecule has 7 nitrogen and oxygen atoms in total. The van der Waals surface area contributed by atoms with Gasteiger partial charge in [0, 0.05) is 16.7 Å². The zero-order valence-electron chi connectivity index (χ0n) is 18.0. The topological polar surface area (TPSA) is 88.9 Å². The van der Waals surface area contributed by atoms with Gasteiger partial charge in [-0.1, -0.05) is 36.4 Å². The van der Waals surface area contributed by atoms with Crippen molar-refractivity contribution < 1.29 is 23.8 Å². The minimum absolute atomic E-state index is 0.121. The minimum Gasteiger partial charge on any atom is -0.493 e. The molecule has 0 fully saturated rings. The quantitative estimate of drug-likeness (QED) is 0.540. The van der Waals surface area contributed by atoms with Gasteiger partial charge in [0.1, 0.15) is 6.04 Å². The Morgan fingerprint density at radius 1 is 0.879 bits per heavy atom. The molecule has 1 aliphatic rings. The maximum atomic E-state index is 13.3. The van der Waals surface area contributed by atoms with Crippen LogP contribution in [0.25, 0.3) is 5.76 Å². The summed E-state index contributed by atoms with van der Waals surface area (Å²) in [5.74, 6) is -0.0896. The summed E-state index contributed by atoms with van der Waals surface area (Å²) in [6.07, 6.45) is 1.39. The highest BCUT2D eigenvalue weighted by atomic mass is 16.5. The van der Waals surface area contributed by atoms with Crippen molar-refractivity contribution in [2.75, 3.05) is 14.2 Å². The van der Waals surface area contributed by atoms with Crippen molar-refractivity contribution in [2.24, 2.45) is 0 Å². The fraction of sp³-hybridized carbons (Fsp3) is 0.115. The number of amides is 1. The fourth-order valence-electron chi connectivity index (χ4n) is 3.61. The van der Waals surface area contributed by atoms with Crippen molar-refractivity contribution in [1.82, 2.24) is 4.90 Å². The van der Waals surface area contributed by atoms with Gasteiger partial charge in [-0.15, -0.1) is 0 Å². The van der Waals surface area contributed by atoms with Gasteiger partial charge in [0.15, 0.2) is 17.3 Å². The van der Waals surface area contributed by atoms with Gasteiger partial charge >= 0.3 is 5.97 Å². The van der Waals surface area contributed by atoms with E-state index in [-0.39, 0.29) is 5.76 Å². The maximum absolute atomic E-state index is 13.3. The number of hydrogen-bond acceptors (Lipinski definition) is 6. The number of nitrogens with zero attached hydrogens (tertiary/aromatic N) is 2. The number of carbonyl (C=O) groups is 2. The van der Waals surface area contributed by atoms with E-state index in [2.05, 4.69) is 6.07 Å². The first-order valence-corrected chi connectivity index (χ1v) is 10.1. The second kappa shape index (κ2) is 9.28. The van der Waals surface area contributed by atoms with E-state index in [1.165, 1.54) is 25.3 Å². The van der Waals surface area contributed by atoms with Crippen LogP contribution in [0.4, 0.5) is 0 Å². The summed E-state index contributed by atoms with van der Waals surface area (Å²) in [4.78, 5) is 27.4. The molecule has 1 amide bonds. The lowest BCUT2D eigenvalue weighted by Gasteiger charge is -2.31. The molecule has 0 aromatic heterocycles. The summed E-state index contributed by atoms with van der Waals surface area (Å²) in [5, 5.41) is 9.99. The van der Waals surface area contributed by atoms with Gasteiger partial charge in [0.05, 0.1) is 32.1 Å². The van der Waals surface area contributed by atoms with E-state index in [4.69, 9.17) is 14.2 Å². The first-order chi connectivity index (χ1) is 16.1. The van der Waals surface area contributed by atoms with Crippen molar-refractivity contribution >= 4 is 17.6 Å². The second-order valence-corrected chi connectivity index (χ2v) is 7.15. The van der Waals surface area contributed by atoms with Crippen LogP contribution in [0.1, 0.15) is 37.9 Å². The molecule has 3 aromatic carbocycles. The third-order valence-corrected chi connectivity index (χ3v) is 5.24. The van der Waals surface area contributed by atoms with Crippen molar-refractivity contribution in [1.29, 1.82) is 5.26 Å². The molecule has 1 heterocycles. The predicted octanol–water partition coefficient (Wildman–Crippen LogP) is 4.58. The van der Waals surface area contributed by atoms with Crippen LogP contribution in [-0.4, -0.2) is 31.0 Å². The SMILES string of the molecule is COc1cc2c(cc1OC)[C@H](C#N)N(C(=O)c1ccccc1)C=C2OC(=O)c1ccccc1. The highest BCUT2D eigenvalue weighted by molar-refractivity contribution is 5.98. The lowest BCUT2D eigenvalue weighted by molar-refractivity contribution is 0.0671. The molecule has 164 valence electrons. The smallest absolute Gasteiger partial charge is 0.343 e. The molecule has 0 spiro atoms. The summed E-state index contributed by atoms with van der Waals surface area (Å²) in [7, 11) is 2.97. The average molecular weight is 440 g/mol. The van der Waals surface area contributed by atoms with Crippen LogP contribution in [0, 0.1) is 11.3 Å². The molecule has 4 rings (SSSR count). The Morgan fingerprint density at radius 3 is 2.03 bits per heavy atom. The van der Waals surface area contributed by atoms with Gasteiger partial charge in [-0.05, 0) is 36.4 Å². The Labute approximate surface area is 191 Å². The number of methoxy groups -OCH3 is 2. The molecule has 0 radical (unpaired) electrons. The van der Waals surface area contributed by atoms with Gasteiger partial charge in [0.25, 0.3) is 5.91 Å². The van der Waals surface area contributed by atoms with Crippen LogP contribution in [0.3, 0.4) is 0 Å². The van der Waals surface area contributed by atoms with Crippen LogP contribution in [-0.2, 0) is 4.74 Å². The molecule has 0 bridgehead atoms. The van der Waals surface area contributed by atoms with Gasteiger partial charge in [0.2, 0.25) is 0 Å². The first-order valence-electron chi connectivity index (χ1n) is 10.1. The largest absolute Gasteiger partial charge is 0.493 e. The zero-order chi connectivity index (χ0) is 23.4. The standard InChI is InChI=1S/C26H20N2O5/c1-31-22-13-19-20(14-23(22)32-2)24(33-26(30)18-11-7-4-8-12-18)16-28(21(19)15-27)25(29)17-9-5-3-6-10-17/h3-14,16,21H,1-2H3/t21-/m0/s1.